The Kier molecular flexibility index (Phi) is 8.68. The van der Waals surface area contributed by atoms with E-state index in [1.165, 1.54) is 31.2 Å². The van der Waals surface area contributed by atoms with Gasteiger partial charge in [0.25, 0.3) is 0 Å². The predicted molar refractivity (Wildman–Crippen MR) is 139 cm³/mol. The van der Waals surface area contributed by atoms with Crippen LogP contribution in [0.3, 0.4) is 0 Å². The van der Waals surface area contributed by atoms with Gasteiger partial charge >= 0.3 is 0 Å². The summed E-state index contributed by atoms with van der Waals surface area (Å²) in [6, 6.07) is 8.24. The van der Waals surface area contributed by atoms with Gasteiger partial charge < -0.3 is 14.9 Å². The summed E-state index contributed by atoms with van der Waals surface area (Å²) in [4.78, 5) is 13.5. The number of aromatic nitrogens is 2. The van der Waals surface area contributed by atoms with Gasteiger partial charge in [-0.3, -0.25) is 4.98 Å². The molecule has 1 aliphatic carbocycles. The van der Waals surface area contributed by atoms with Crippen molar-refractivity contribution in [3.63, 3.8) is 0 Å². The molecule has 6 nitrogen and oxygen atoms in total. The predicted octanol–water partition coefficient (Wildman–Crippen LogP) is 5.56. The van der Waals surface area contributed by atoms with Gasteiger partial charge in [0.1, 0.15) is 11.4 Å². The molecule has 0 spiro atoms. The van der Waals surface area contributed by atoms with Crippen LogP contribution in [0.4, 0.5) is 11.5 Å². The summed E-state index contributed by atoms with van der Waals surface area (Å²) in [6.45, 7) is 9.62. The van der Waals surface area contributed by atoms with Crippen LogP contribution in [0.2, 0.25) is 0 Å². The lowest BCUT2D eigenvalue weighted by Crippen LogP contribution is -2.33. The van der Waals surface area contributed by atoms with Gasteiger partial charge in [0.05, 0.1) is 29.7 Å². The lowest BCUT2D eigenvalue weighted by Gasteiger charge is -2.35. The van der Waals surface area contributed by atoms with E-state index in [0.717, 1.165) is 31.0 Å². The molecule has 0 bridgehead atoms. The summed E-state index contributed by atoms with van der Waals surface area (Å²) < 4.78 is 0. The summed E-state index contributed by atoms with van der Waals surface area (Å²) in [7, 11) is 2.07. The molecule has 3 rings (SSSR count). The number of nitriles is 1. The second-order valence-corrected chi connectivity index (χ2v) is 10.2. The third-order valence-electron chi connectivity index (χ3n) is 6.70. The van der Waals surface area contributed by atoms with E-state index in [2.05, 4.69) is 59.0 Å². The molecule has 0 radical (unpaired) electrons. The minimum Gasteiger partial charge on any atom is -0.384 e. The molecule has 1 aliphatic rings. The molecular formula is C28H39N5O. The van der Waals surface area contributed by atoms with Crippen LogP contribution in [0.15, 0.2) is 42.9 Å². The van der Waals surface area contributed by atoms with Crippen molar-refractivity contribution in [3.8, 4) is 6.07 Å². The Morgan fingerprint density at radius 3 is 2.53 bits per heavy atom. The fourth-order valence-corrected chi connectivity index (χ4v) is 4.79. The maximum absolute atomic E-state index is 10.1. The maximum atomic E-state index is 10.1. The highest BCUT2D eigenvalue weighted by molar-refractivity contribution is 5.59. The summed E-state index contributed by atoms with van der Waals surface area (Å²) in [5, 5.41) is 19.5. The molecule has 34 heavy (non-hydrogen) atoms. The Labute approximate surface area is 205 Å². The molecule has 1 N–H and O–H groups in total. The molecule has 0 saturated heterocycles. The average Bonchev–Trinajstić information content (AvgIpc) is 2.82. The summed E-state index contributed by atoms with van der Waals surface area (Å²) in [5.74, 6) is 2.04. The largest absolute Gasteiger partial charge is 0.384 e. The van der Waals surface area contributed by atoms with Gasteiger partial charge in [-0.1, -0.05) is 25.5 Å². The quantitative estimate of drug-likeness (QED) is 0.527. The molecule has 6 heteroatoms. The van der Waals surface area contributed by atoms with Gasteiger partial charge in [0.15, 0.2) is 0 Å². The molecule has 0 amide bonds. The van der Waals surface area contributed by atoms with Crippen LogP contribution in [0.5, 0.6) is 0 Å². The van der Waals surface area contributed by atoms with E-state index in [9.17, 15) is 10.4 Å². The van der Waals surface area contributed by atoms with Crippen molar-refractivity contribution in [2.24, 2.45) is 11.8 Å². The number of nitrogens with zero attached hydrogens (tertiary/aromatic N) is 5. The van der Waals surface area contributed by atoms with E-state index in [1.807, 2.05) is 18.2 Å². The Morgan fingerprint density at radius 1 is 1.18 bits per heavy atom. The zero-order valence-electron chi connectivity index (χ0n) is 21.3. The van der Waals surface area contributed by atoms with Crippen molar-refractivity contribution in [1.82, 2.24) is 9.97 Å². The number of benzene rings is 1. The highest BCUT2D eigenvalue weighted by atomic mass is 16.3. The second kappa shape index (κ2) is 11.5. The number of rotatable bonds is 9. The van der Waals surface area contributed by atoms with Gasteiger partial charge in [0, 0.05) is 32.0 Å². The fraction of sp³-hybridized carbons (Fsp3) is 0.536. The van der Waals surface area contributed by atoms with Crippen molar-refractivity contribution in [1.29, 1.82) is 5.26 Å². The number of aliphatic hydroxyl groups is 1. The molecule has 2 unspecified atom stereocenters. The molecule has 1 saturated carbocycles. The van der Waals surface area contributed by atoms with E-state index in [-0.39, 0.29) is 0 Å². The summed E-state index contributed by atoms with van der Waals surface area (Å²) in [5.41, 5.74) is 2.63. The van der Waals surface area contributed by atoms with Crippen molar-refractivity contribution in [3.05, 3.63) is 59.7 Å². The number of hydrogen-bond acceptors (Lipinski definition) is 6. The molecule has 0 aliphatic heterocycles. The number of aryl methyl sites for hydroxylation is 1. The molecule has 1 aromatic heterocycles. The highest BCUT2D eigenvalue weighted by Crippen LogP contribution is 2.33. The van der Waals surface area contributed by atoms with E-state index in [0.29, 0.717) is 23.1 Å². The van der Waals surface area contributed by atoms with Crippen LogP contribution in [0.1, 0.15) is 69.7 Å². The molecule has 2 atom stereocenters. The molecule has 1 aromatic carbocycles. The van der Waals surface area contributed by atoms with E-state index in [4.69, 9.17) is 0 Å². The first-order chi connectivity index (χ1) is 16.2. The molecule has 182 valence electrons. The van der Waals surface area contributed by atoms with Gasteiger partial charge in [-0.2, -0.15) is 5.26 Å². The summed E-state index contributed by atoms with van der Waals surface area (Å²) >= 11 is 0. The number of hydrogen-bond donors (Lipinski definition) is 1. The minimum absolute atomic E-state index is 0.582. The zero-order valence-corrected chi connectivity index (χ0v) is 21.3. The van der Waals surface area contributed by atoms with Crippen molar-refractivity contribution >= 4 is 11.5 Å². The van der Waals surface area contributed by atoms with Crippen molar-refractivity contribution in [2.75, 3.05) is 29.9 Å². The Bertz CT molecular complexity index is 1000. The number of anilines is 2. The first-order valence-electron chi connectivity index (χ1n) is 12.4. The number of allylic oxidation sites excluding steroid dienone is 1. The molecule has 1 heterocycles. The third-order valence-corrected chi connectivity index (χ3v) is 6.70. The molecular weight excluding hydrogens is 422 g/mol. The van der Waals surface area contributed by atoms with Gasteiger partial charge in [-0.25, -0.2) is 4.98 Å². The van der Waals surface area contributed by atoms with Crippen molar-refractivity contribution in [2.45, 2.75) is 65.4 Å². The molecule has 2 aromatic rings. The third kappa shape index (κ3) is 6.80. The van der Waals surface area contributed by atoms with Crippen LogP contribution in [0, 0.1) is 30.1 Å². The van der Waals surface area contributed by atoms with Crippen LogP contribution in [-0.2, 0) is 5.60 Å². The monoisotopic (exact) mass is 461 g/mol. The first kappa shape index (κ1) is 25.7. The zero-order chi connectivity index (χ0) is 24.7. The van der Waals surface area contributed by atoms with Gasteiger partial charge in [-0.05, 0) is 76.0 Å². The van der Waals surface area contributed by atoms with E-state index < -0.39 is 5.60 Å². The van der Waals surface area contributed by atoms with Crippen LogP contribution in [0.25, 0.3) is 0 Å². The van der Waals surface area contributed by atoms with Crippen LogP contribution in [-0.4, -0.2) is 35.2 Å². The van der Waals surface area contributed by atoms with Gasteiger partial charge in [0.2, 0.25) is 0 Å². The minimum atomic E-state index is -0.982. The average molecular weight is 462 g/mol. The Hall–Kier alpha value is -2.91. The fourth-order valence-electron chi connectivity index (χ4n) is 4.79. The lowest BCUT2D eigenvalue weighted by atomic mass is 9.80. The summed E-state index contributed by atoms with van der Waals surface area (Å²) in [6.07, 6.45) is 13.7. The van der Waals surface area contributed by atoms with E-state index >= 15 is 0 Å². The Morgan fingerprint density at radius 2 is 1.91 bits per heavy atom. The van der Waals surface area contributed by atoms with Crippen LogP contribution >= 0.6 is 0 Å². The van der Waals surface area contributed by atoms with Crippen molar-refractivity contribution < 1.29 is 5.11 Å². The molecule has 1 fully saturated rings. The smallest absolute Gasteiger partial charge is 0.146 e. The first-order valence-corrected chi connectivity index (χ1v) is 12.4. The SMILES string of the molecule is CC/C=C\N(CC1CCCC(CN(C)c2cnc(C(C)(C)O)cn2)C1)c1cc(C#N)ccc1C. The normalized spacial score (nSPS) is 18.6. The topological polar surface area (TPSA) is 76.3 Å². The lowest BCUT2D eigenvalue weighted by molar-refractivity contribution is 0.0734. The van der Waals surface area contributed by atoms with E-state index in [1.54, 1.807) is 26.2 Å². The maximum Gasteiger partial charge on any atom is 0.146 e. The standard InChI is InChI=1S/C28H39N5O/c1-6-7-13-33(25-15-22(16-29)12-11-21(25)2)20-24-10-8-9-23(14-24)19-32(5)27-18-30-26(17-31-27)28(3,4)34/h7,11-13,15,17-18,23-24,34H,6,8-10,14,19-20H2,1-5H3/b13-7-. The van der Waals surface area contributed by atoms with Crippen LogP contribution < -0.4 is 9.80 Å². The van der Waals surface area contributed by atoms with Gasteiger partial charge in [-0.15, -0.1) is 0 Å². The Balaban J connectivity index is 1.67. The second-order valence-electron chi connectivity index (χ2n) is 10.2. The highest BCUT2D eigenvalue weighted by Gasteiger charge is 2.26.